The summed E-state index contributed by atoms with van der Waals surface area (Å²) in [6.45, 7) is 2.14. The highest BCUT2D eigenvalue weighted by atomic mass is 16.2. The van der Waals surface area contributed by atoms with E-state index in [4.69, 9.17) is 5.11 Å². The molecule has 0 aliphatic heterocycles. The summed E-state index contributed by atoms with van der Waals surface area (Å²) in [6, 6.07) is 15.2. The van der Waals surface area contributed by atoms with Crippen molar-refractivity contribution in [2.45, 2.75) is 13.3 Å². The van der Waals surface area contributed by atoms with Gasteiger partial charge in [-0.3, -0.25) is 0 Å². The number of hydrogen-bond acceptors (Lipinski definition) is 1. The number of benzene rings is 2. The Labute approximate surface area is 107 Å². The molecule has 0 radical (unpaired) electrons. The third-order valence-corrected chi connectivity index (χ3v) is 3.65. The van der Waals surface area contributed by atoms with E-state index in [2.05, 4.69) is 42.5 Å². The van der Waals surface area contributed by atoms with Gasteiger partial charge in [0.1, 0.15) is 0 Å². The molecule has 90 valence electrons. The van der Waals surface area contributed by atoms with E-state index in [0.29, 0.717) is 0 Å². The maximum Gasteiger partial charge on any atom is 0.0618 e. The SMILES string of the molecule is CC(=CCO)c1ccc2c(c1)Cc1ccccc1-2. The van der Waals surface area contributed by atoms with Crippen molar-refractivity contribution in [3.05, 3.63) is 65.2 Å². The van der Waals surface area contributed by atoms with Crippen LogP contribution in [-0.4, -0.2) is 11.7 Å². The van der Waals surface area contributed by atoms with Gasteiger partial charge in [0.05, 0.1) is 6.61 Å². The van der Waals surface area contributed by atoms with Crippen LogP contribution in [-0.2, 0) is 6.42 Å². The van der Waals surface area contributed by atoms with Gasteiger partial charge >= 0.3 is 0 Å². The lowest BCUT2D eigenvalue weighted by Crippen LogP contribution is -1.86. The largest absolute Gasteiger partial charge is 0.392 e. The monoisotopic (exact) mass is 236 g/mol. The molecule has 2 aromatic rings. The number of fused-ring (bicyclic) bond motifs is 3. The van der Waals surface area contributed by atoms with E-state index < -0.39 is 0 Å². The van der Waals surface area contributed by atoms with Gasteiger partial charge in [0.15, 0.2) is 0 Å². The van der Waals surface area contributed by atoms with Gasteiger partial charge < -0.3 is 5.11 Å². The van der Waals surface area contributed by atoms with E-state index in [0.717, 1.165) is 12.0 Å². The van der Waals surface area contributed by atoms with Crippen molar-refractivity contribution < 1.29 is 5.11 Å². The third kappa shape index (κ3) is 1.77. The first kappa shape index (κ1) is 11.2. The van der Waals surface area contributed by atoms with Crippen molar-refractivity contribution in [1.82, 2.24) is 0 Å². The Morgan fingerprint density at radius 2 is 1.89 bits per heavy atom. The zero-order valence-corrected chi connectivity index (χ0v) is 10.5. The Morgan fingerprint density at radius 3 is 2.72 bits per heavy atom. The van der Waals surface area contributed by atoms with Crippen LogP contribution < -0.4 is 0 Å². The summed E-state index contributed by atoms with van der Waals surface area (Å²) in [5.41, 5.74) is 7.86. The second-order valence-corrected chi connectivity index (χ2v) is 4.78. The van der Waals surface area contributed by atoms with Crippen LogP contribution in [0.4, 0.5) is 0 Å². The summed E-state index contributed by atoms with van der Waals surface area (Å²) >= 11 is 0. The van der Waals surface area contributed by atoms with Gasteiger partial charge in [0.25, 0.3) is 0 Å². The molecule has 0 atom stereocenters. The van der Waals surface area contributed by atoms with E-state index >= 15 is 0 Å². The molecule has 1 N–H and O–H groups in total. The highest BCUT2D eigenvalue weighted by Gasteiger charge is 2.17. The van der Waals surface area contributed by atoms with Gasteiger partial charge in [0, 0.05) is 0 Å². The first-order valence-electron chi connectivity index (χ1n) is 6.29. The molecule has 1 aliphatic carbocycles. The normalized spacial score (nSPS) is 13.3. The summed E-state index contributed by atoms with van der Waals surface area (Å²) in [5, 5.41) is 8.96. The smallest absolute Gasteiger partial charge is 0.0618 e. The van der Waals surface area contributed by atoms with Gasteiger partial charge in [-0.1, -0.05) is 48.5 Å². The Balaban J connectivity index is 2.06. The second kappa shape index (κ2) is 4.43. The van der Waals surface area contributed by atoms with Gasteiger partial charge in [0.2, 0.25) is 0 Å². The molecule has 0 unspecified atom stereocenters. The molecular formula is C17H16O. The quantitative estimate of drug-likeness (QED) is 0.720. The molecule has 18 heavy (non-hydrogen) atoms. The summed E-state index contributed by atoms with van der Waals surface area (Å²) in [7, 11) is 0. The molecule has 1 nitrogen and oxygen atoms in total. The minimum atomic E-state index is 0.100. The van der Waals surface area contributed by atoms with Crippen molar-refractivity contribution in [1.29, 1.82) is 0 Å². The van der Waals surface area contributed by atoms with Crippen LogP contribution in [0.25, 0.3) is 16.7 Å². The van der Waals surface area contributed by atoms with Crippen molar-refractivity contribution >= 4 is 5.57 Å². The summed E-state index contributed by atoms with van der Waals surface area (Å²) in [5.74, 6) is 0. The fourth-order valence-electron chi connectivity index (χ4n) is 2.65. The van der Waals surface area contributed by atoms with Crippen LogP contribution >= 0.6 is 0 Å². The number of rotatable bonds is 2. The van der Waals surface area contributed by atoms with Crippen LogP contribution in [0.15, 0.2) is 48.5 Å². The Bertz CT molecular complexity index is 623. The molecule has 0 amide bonds. The predicted octanol–water partition coefficient (Wildman–Crippen LogP) is 3.65. The average molecular weight is 236 g/mol. The highest BCUT2D eigenvalue weighted by Crippen LogP contribution is 2.37. The van der Waals surface area contributed by atoms with Gasteiger partial charge in [-0.25, -0.2) is 0 Å². The lowest BCUT2D eigenvalue weighted by atomic mass is 10.00. The van der Waals surface area contributed by atoms with E-state index in [1.54, 1.807) is 0 Å². The van der Waals surface area contributed by atoms with Crippen molar-refractivity contribution in [3.8, 4) is 11.1 Å². The average Bonchev–Trinajstić information content (AvgIpc) is 2.76. The van der Waals surface area contributed by atoms with Crippen LogP contribution in [0.2, 0.25) is 0 Å². The Kier molecular flexibility index (Phi) is 2.77. The first-order chi connectivity index (χ1) is 8.79. The standard InChI is InChI=1S/C17H16O/c1-12(8-9-18)13-6-7-17-15(10-13)11-14-4-2-3-5-16(14)17/h2-8,10,18H,9,11H2,1H3. The molecule has 1 aliphatic rings. The minimum absolute atomic E-state index is 0.100. The van der Waals surface area contributed by atoms with E-state index in [1.165, 1.54) is 27.8 Å². The van der Waals surface area contributed by atoms with Crippen LogP contribution in [0, 0.1) is 0 Å². The molecule has 1 heteroatoms. The van der Waals surface area contributed by atoms with Crippen LogP contribution in [0.1, 0.15) is 23.6 Å². The number of hydrogen-bond donors (Lipinski definition) is 1. The van der Waals surface area contributed by atoms with Crippen molar-refractivity contribution in [2.24, 2.45) is 0 Å². The fraction of sp³-hybridized carbons (Fsp3) is 0.176. The summed E-state index contributed by atoms with van der Waals surface area (Å²) < 4.78 is 0. The van der Waals surface area contributed by atoms with E-state index in [9.17, 15) is 0 Å². The summed E-state index contributed by atoms with van der Waals surface area (Å²) in [4.78, 5) is 0. The molecule has 0 aromatic heterocycles. The molecular weight excluding hydrogens is 220 g/mol. The van der Waals surface area contributed by atoms with E-state index in [1.807, 2.05) is 13.0 Å². The minimum Gasteiger partial charge on any atom is -0.392 e. The number of aliphatic hydroxyl groups excluding tert-OH is 1. The molecule has 3 rings (SSSR count). The van der Waals surface area contributed by atoms with E-state index in [-0.39, 0.29) is 6.61 Å². The van der Waals surface area contributed by atoms with Crippen LogP contribution in [0.5, 0.6) is 0 Å². The Hall–Kier alpha value is -1.86. The van der Waals surface area contributed by atoms with Crippen LogP contribution in [0.3, 0.4) is 0 Å². The zero-order chi connectivity index (χ0) is 12.5. The topological polar surface area (TPSA) is 20.2 Å². The van der Waals surface area contributed by atoms with Gasteiger partial charge in [-0.05, 0) is 46.7 Å². The third-order valence-electron chi connectivity index (χ3n) is 3.65. The highest BCUT2D eigenvalue weighted by molar-refractivity contribution is 5.79. The van der Waals surface area contributed by atoms with Gasteiger partial charge in [-0.2, -0.15) is 0 Å². The number of aliphatic hydroxyl groups is 1. The maximum absolute atomic E-state index is 8.96. The maximum atomic E-state index is 8.96. The first-order valence-corrected chi connectivity index (χ1v) is 6.29. The fourth-order valence-corrected chi connectivity index (χ4v) is 2.65. The zero-order valence-electron chi connectivity index (χ0n) is 10.5. The van der Waals surface area contributed by atoms with Crippen molar-refractivity contribution in [2.75, 3.05) is 6.61 Å². The number of allylic oxidation sites excluding steroid dienone is 1. The molecule has 0 fully saturated rings. The predicted molar refractivity (Wildman–Crippen MR) is 75.4 cm³/mol. The van der Waals surface area contributed by atoms with Crippen molar-refractivity contribution in [3.63, 3.8) is 0 Å². The molecule has 0 saturated heterocycles. The van der Waals surface area contributed by atoms with Gasteiger partial charge in [-0.15, -0.1) is 0 Å². The lowest BCUT2D eigenvalue weighted by Gasteiger charge is -2.05. The molecule has 0 heterocycles. The second-order valence-electron chi connectivity index (χ2n) is 4.78. The summed E-state index contributed by atoms with van der Waals surface area (Å²) in [6.07, 6.45) is 2.87. The molecule has 2 aromatic carbocycles. The molecule has 0 bridgehead atoms. The molecule has 0 spiro atoms. The Morgan fingerprint density at radius 1 is 1.11 bits per heavy atom. The molecule has 0 saturated carbocycles. The lowest BCUT2D eigenvalue weighted by molar-refractivity contribution is 0.343.